The molecule has 1 heterocycles. The lowest BCUT2D eigenvalue weighted by Crippen LogP contribution is -2.31. The molecule has 7 nitrogen and oxygen atoms in total. The molecule has 0 saturated heterocycles. The molecular weight excluding hydrogens is 364 g/mol. The van der Waals surface area contributed by atoms with Crippen molar-refractivity contribution in [1.29, 1.82) is 0 Å². The monoisotopic (exact) mass is 380 g/mol. The Kier molecular flexibility index (Phi) is 6.28. The molecular formula is C15H17BrN4O3. The lowest BCUT2D eigenvalue weighted by Gasteiger charge is -2.18. The molecule has 1 N–H and O–H groups in total. The standard InChI is InChI=1S/C15H17BrN4O3/c1-23-15(22)8-13(11-2-4-12(16)5-3-11)19-14(21)6-7-20-10-17-9-18-20/h2-5,9-10,13H,6-8H2,1H3,(H,19,21). The van der Waals surface area contributed by atoms with Crippen LogP contribution in [0.4, 0.5) is 0 Å². The summed E-state index contributed by atoms with van der Waals surface area (Å²) in [5.41, 5.74) is 0.840. The van der Waals surface area contributed by atoms with Gasteiger partial charge >= 0.3 is 5.97 Å². The van der Waals surface area contributed by atoms with E-state index < -0.39 is 6.04 Å². The van der Waals surface area contributed by atoms with Crippen LogP contribution in [-0.4, -0.2) is 33.8 Å². The zero-order valence-corrected chi connectivity index (χ0v) is 14.2. The van der Waals surface area contributed by atoms with Crippen LogP contribution < -0.4 is 5.32 Å². The first-order valence-electron chi connectivity index (χ1n) is 7.02. The van der Waals surface area contributed by atoms with Crippen LogP contribution in [0, 0.1) is 0 Å². The normalized spacial score (nSPS) is 11.7. The van der Waals surface area contributed by atoms with E-state index >= 15 is 0 Å². The smallest absolute Gasteiger partial charge is 0.307 e. The average Bonchev–Trinajstić information content (AvgIpc) is 3.06. The van der Waals surface area contributed by atoms with Crippen LogP contribution in [0.5, 0.6) is 0 Å². The van der Waals surface area contributed by atoms with Crippen LogP contribution >= 0.6 is 15.9 Å². The third kappa shape index (κ3) is 5.48. The summed E-state index contributed by atoms with van der Waals surface area (Å²) in [6, 6.07) is 7.01. The van der Waals surface area contributed by atoms with Crippen molar-refractivity contribution >= 4 is 27.8 Å². The summed E-state index contributed by atoms with van der Waals surface area (Å²) >= 11 is 3.36. The second-order valence-corrected chi connectivity index (χ2v) is 5.78. The number of hydrogen-bond donors (Lipinski definition) is 1. The van der Waals surface area contributed by atoms with Crippen molar-refractivity contribution in [1.82, 2.24) is 20.1 Å². The fourth-order valence-electron chi connectivity index (χ4n) is 2.03. The van der Waals surface area contributed by atoms with Crippen LogP contribution in [0.2, 0.25) is 0 Å². The van der Waals surface area contributed by atoms with Crippen molar-refractivity contribution in [2.24, 2.45) is 0 Å². The van der Waals surface area contributed by atoms with Gasteiger partial charge in [0, 0.05) is 10.9 Å². The molecule has 1 amide bonds. The molecule has 2 aromatic rings. The number of nitrogens with one attached hydrogen (secondary N) is 1. The highest BCUT2D eigenvalue weighted by Crippen LogP contribution is 2.20. The van der Waals surface area contributed by atoms with Gasteiger partial charge in [-0.2, -0.15) is 5.10 Å². The molecule has 0 saturated carbocycles. The predicted molar refractivity (Wildman–Crippen MR) is 86.3 cm³/mol. The highest BCUT2D eigenvalue weighted by atomic mass is 79.9. The number of nitrogens with zero attached hydrogens (tertiary/aromatic N) is 3. The van der Waals surface area contributed by atoms with E-state index in [2.05, 4.69) is 31.3 Å². The number of rotatable bonds is 7. The number of ether oxygens (including phenoxy) is 1. The van der Waals surface area contributed by atoms with Gasteiger partial charge in [-0.1, -0.05) is 28.1 Å². The van der Waals surface area contributed by atoms with Gasteiger partial charge in [-0.05, 0) is 17.7 Å². The van der Waals surface area contributed by atoms with Crippen molar-refractivity contribution in [2.75, 3.05) is 7.11 Å². The number of esters is 1. The van der Waals surface area contributed by atoms with E-state index in [1.54, 1.807) is 11.0 Å². The molecule has 2 rings (SSSR count). The fraction of sp³-hybridized carbons (Fsp3) is 0.333. The summed E-state index contributed by atoms with van der Waals surface area (Å²) in [5.74, 6) is -0.549. The summed E-state index contributed by atoms with van der Waals surface area (Å²) in [4.78, 5) is 27.5. The van der Waals surface area contributed by atoms with Crippen molar-refractivity contribution in [2.45, 2.75) is 25.4 Å². The molecule has 0 aliphatic heterocycles. The number of hydrogen-bond acceptors (Lipinski definition) is 5. The predicted octanol–water partition coefficient (Wildman–Crippen LogP) is 1.85. The van der Waals surface area contributed by atoms with E-state index in [0.29, 0.717) is 6.54 Å². The van der Waals surface area contributed by atoms with Gasteiger partial charge < -0.3 is 10.1 Å². The van der Waals surface area contributed by atoms with Gasteiger partial charge in [0.2, 0.25) is 5.91 Å². The largest absolute Gasteiger partial charge is 0.469 e. The Balaban J connectivity index is 1.99. The molecule has 8 heteroatoms. The summed E-state index contributed by atoms with van der Waals surface area (Å²) in [7, 11) is 1.33. The molecule has 1 aromatic heterocycles. The number of halogens is 1. The van der Waals surface area contributed by atoms with Gasteiger partial charge in [-0.15, -0.1) is 0 Å². The summed E-state index contributed by atoms with van der Waals surface area (Å²) in [6.07, 6.45) is 3.29. The van der Waals surface area contributed by atoms with Crippen molar-refractivity contribution in [3.63, 3.8) is 0 Å². The van der Waals surface area contributed by atoms with Gasteiger partial charge in [0.05, 0.1) is 26.1 Å². The number of carbonyl (C=O) groups is 2. The molecule has 0 radical (unpaired) electrons. The van der Waals surface area contributed by atoms with Gasteiger partial charge in [0.1, 0.15) is 12.7 Å². The second kappa shape index (κ2) is 8.42. The van der Waals surface area contributed by atoms with Crippen LogP contribution in [-0.2, 0) is 20.9 Å². The van der Waals surface area contributed by atoms with E-state index in [9.17, 15) is 9.59 Å². The number of carbonyl (C=O) groups excluding carboxylic acids is 2. The zero-order chi connectivity index (χ0) is 16.7. The maximum atomic E-state index is 12.1. The minimum absolute atomic E-state index is 0.0766. The van der Waals surface area contributed by atoms with Crippen LogP contribution in [0.3, 0.4) is 0 Å². The molecule has 1 atom stereocenters. The van der Waals surface area contributed by atoms with E-state index in [0.717, 1.165) is 10.0 Å². The quantitative estimate of drug-likeness (QED) is 0.740. The average molecular weight is 381 g/mol. The van der Waals surface area contributed by atoms with E-state index in [-0.39, 0.29) is 24.7 Å². The first kappa shape index (κ1) is 17.1. The molecule has 0 aliphatic rings. The molecule has 0 aliphatic carbocycles. The Morgan fingerprint density at radius 3 is 2.70 bits per heavy atom. The first-order valence-corrected chi connectivity index (χ1v) is 7.82. The molecule has 0 fully saturated rings. The SMILES string of the molecule is COC(=O)CC(NC(=O)CCn1cncn1)c1ccc(Br)cc1. The second-order valence-electron chi connectivity index (χ2n) is 4.86. The highest BCUT2D eigenvalue weighted by Gasteiger charge is 2.19. The van der Waals surface area contributed by atoms with Crippen molar-refractivity contribution in [3.05, 3.63) is 47.0 Å². The minimum atomic E-state index is -0.432. The lowest BCUT2D eigenvalue weighted by atomic mass is 10.0. The molecule has 0 bridgehead atoms. The third-order valence-corrected chi connectivity index (χ3v) is 3.77. The molecule has 0 spiro atoms. The van der Waals surface area contributed by atoms with Gasteiger partial charge in [0.25, 0.3) is 0 Å². The topological polar surface area (TPSA) is 86.1 Å². The van der Waals surface area contributed by atoms with Crippen LogP contribution in [0.1, 0.15) is 24.4 Å². The maximum Gasteiger partial charge on any atom is 0.307 e. The third-order valence-electron chi connectivity index (χ3n) is 3.24. The molecule has 1 aromatic carbocycles. The maximum absolute atomic E-state index is 12.1. The summed E-state index contributed by atoms with van der Waals surface area (Å²) in [6.45, 7) is 0.428. The number of amides is 1. The van der Waals surface area contributed by atoms with Gasteiger partial charge in [-0.3, -0.25) is 14.3 Å². The Morgan fingerprint density at radius 2 is 2.09 bits per heavy atom. The van der Waals surface area contributed by atoms with E-state index in [4.69, 9.17) is 4.74 Å². The van der Waals surface area contributed by atoms with Gasteiger partial charge in [-0.25, -0.2) is 4.98 Å². The molecule has 1 unspecified atom stereocenters. The molecule has 23 heavy (non-hydrogen) atoms. The van der Waals surface area contributed by atoms with Crippen molar-refractivity contribution < 1.29 is 14.3 Å². The van der Waals surface area contributed by atoms with E-state index in [1.807, 2.05) is 24.3 Å². The Labute approximate surface area is 142 Å². The Hall–Kier alpha value is -2.22. The minimum Gasteiger partial charge on any atom is -0.469 e. The lowest BCUT2D eigenvalue weighted by molar-refractivity contribution is -0.141. The number of methoxy groups -OCH3 is 1. The zero-order valence-electron chi connectivity index (χ0n) is 12.6. The van der Waals surface area contributed by atoms with Crippen LogP contribution in [0.25, 0.3) is 0 Å². The molecule has 122 valence electrons. The van der Waals surface area contributed by atoms with Crippen molar-refractivity contribution in [3.8, 4) is 0 Å². The Bertz CT molecular complexity index is 643. The number of aromatic nitrogens is 3. The number of aryl methyl sites for hydroxylation is 1. The fourth-order valence-corrected chi connectivity index (χ4v) is 2.29. The first-order chi connectivity index (χ1) is 11.1. The van der Waals surface area contributed by atoms with Crippen LogP contribution in [0.15, 0.2) is 41.4 Å². The van der Waals surface area contributed by atoms with E-state index in [1.165, 1.54) is 13.4 Å². The van der Waals surface area contributed by atoms with Gasteiger partial charge in [0.15, 0.2) is 0 Å². The highest BCUT2D eigenvalue weighted by molar-refractivity contribution is 9.10. The Morgan fingerprint density at radius 1 is 1.35 bits per heavy atom. The number of benzene rings is 1. The summed E-state index contributed by atoms with van der Waals surface area (Å²) < 4.78 is 7.21. The summed E-state index contributed by atoms with van der Waals surface area (Å²) in [5, 5.41) is 6.81.